The van der Waals surface area contributed by atoms with Crippen molar-refractivity contribution in [3.8, 4) is 0 Å². The lowest BCUT2D eigenvalue weighted by molar-refractivity contribution is 0.0782. The average Bonchev–Trinajstić information content (AvgIpc) is 2.81. The number of benzene rings is 1. The third-order valence-electron chi connectivity index (χ3n) is 3.04. The molecule has 2 heterocycles. The molecule has 94 valence electrons. The number of nitrogens with zero attached hydrogens (tertiary/aromatic N) is 2. The lowest BCUT2D eigenvalue weighted by Crippen LogP contribution is -2.48. The van der Waals surface area contributed by atoms with Crippen molar-refractivity contribution in [2.75, 3.05) is 11.6 Å². The van der Waals surface area contributed by atoms with Crippen LogP contribution in [0.3, 0.4) is 0 Å². The fourth-order valence-corrected chi connectivity index (χ4v) is 3.47. The van der Waals surface area contributed by atoms with Crippen LogP contribution in [0.25, 0.3) is 0 Å². The second-order valence-electron chi connectivity index (χ2n) is 4.09. The molecule has 0 unspecified atom stereocenters. The summed E-state index contributed by atoms with van der Waals surface area (Å²) in [5.74, 6) is 7.53. The van der Waals surface area contributed by atoms with Gasteiger partial charge < -0.3 is 10.3 Å². The number of amidine groups is 1. The number of fused-ring (bicyclic) bond motifs is 2. The fraction of sp³-hybridized carbons (Fsp3) is 0.273. The van der Waals surface area contributed by atoms with Crippen LogP contribution >= 0.6 is 23.4 Å². The second kappa shape index (κ2) is 4.46. The molecule has 3 rings (SSSR count). The van der Waals surface area contributed by atoms with Gasteiger partial charge in [-0.15, -0.1) is 11.8 Å². The number of carbonyl (C=O) groups excluding carboxylic acids is 1. The number of halogens is 1. The van der Waals surface area contributed by atoms with Gasteiger partial charge in [-0.2, -0.15) is 0 Å². The molecule has 2 aliphatic heterocycles. The highest BCUT2D eigenvalue weighted by Gasteiger charge is 2.36. The van der Waals surface area contributed by atoms with Crippen molar-refractivity contribution in [2.45, 2.75) is 6.04 Å². The maximum atomic E-state index is 12.4. The number of nitrogens with two attached hydrogens (primary N) is 1. The third kappa shape index (κ3) is 1.77. The van der Waals surface area contributed by atoms with Crippen molar-refractivity contribution >= 4 is 40.8 Å². The summed E-state index contributed by atoms with van der Waals surface area (Å²) in [6.45, 7) is 0. The number of carbonyl (C=O) groups is 1. The molecule has 1 aromatic rings. The van der Waals surface area contributed by atoms with Crippen LogP contribution in [0.4, 0.5) is 5.69 Å². The smallest absolute Gasteiger partial charge is 0.257 e. The minimum Gasteiger partial charge on any atom is -0.318 e. The molecule has 0 bridgehead atoms. The van der Waals surface area contributed by atoms with Crippen molar-refractivity contribution in [2.24, 2.45) is 10.8 Å². The number of hydrogen-bond acceptors (Lipinski definition) is 5. The van der Waals surface area contributed by atoms with E-state index in [1.54, 1.807) is 34.9 Å². The first-order valence-electron chi connectivity index (χ1n) is 5.44. The Hall–Kier alpha value is -1.24. The quantitative estimate of drug-likeness (QED) is 0.557. The molecule has 1 fully saturated rings. The largest absolute Gasteiger partial charge is 0.318 e. The Morgan fingerprint density at radius 1 is 1.56 bits per heavy atom. The summed E-state index contributed by atoms with van der Waals surface area (Å²) in [5, 5.41) is 0.532. The van der Waals surface area contributed by atoms with Crippen LogP contribution in [0, 0.1) is 0 Å². The van der Waals surface area contributed by atoms with Crippen molar-refractivity contribution in [1.29, 1.82) is 0 Å². The van der Waals surface area contributed by atoms with Gasteiger partial charge in [-0.05, 0) is 18.2 Å². The van der Waals surface area contributed by atoms with Crippen LogP contribution in [0.15, 0.2) is 23.2 Å². The van der Waals surface area contributed by atoms with Crippen LogP contribution in [-0.4, -0.2) is 34.3 Å². The lowest BCUT2D eigenvalue weighted by Gasteiger charge is -2.22. The van der Waals surface area contributed by atoms with E-state index in [4.69, 9.17) is 17.4 Å². The highest BCUT2D eigenvalue weighted by atomic mass is 35.5. The SMILES string of the molecule is NNC1=Nc2ccc(Cl)cc2C(=O)N2CSC[C@@H]12. The standard InChI is InChI=1S/C11H11ClN4OS/c12-6-1-2-8-7(3-6)11(17)16-5-18-4-9(16)10(14-8)15-13/h1-3,9H,4-5,13H2,(H,14,15)/t9-/m0/s1. The maximum absolute atomic E-state index is 12.4. The van der Waals surface area contributed by atoms with Crippen LogP contribution < -0.4 is 11.3 Å². The van der Waals surface area contributed by atoms with Gasteiger partial charge >= 0.3 is 0 Å². The summed E-state index contributed by atoms with van der Waals surface area (Å²) in [7, 11) is 0. The van der Waals surface area contributed by atoms with Gasteiger partial charge in [-0.3, -0.25) is 4.79 Å². The van der Waals surface area contributed by atoms with E-state index < -0.39 is 0 Å². The summed E-state index contributed by atoms with van der Waals surface area (Å²) >= 11 is 7.63. The van der Waals surface area contributed by atoms with E-state index in [9.17, 15) is 4.79 Å². The summed E-state index contributed by atoms with van der Waals surface area (Å²) in [4.78, 5) is 18.7. The third-order valence-corrected chi connectivity index (χ3v) is 4.28. The average molecular weight is 283 g/mol. The van der Waals surface area contributed by atoms with Gasteiger partial charge in [-0.25, -0.2) is 10.8 Å². The first kappa shape index (κ1) is 11.8. The predicted molar refractivity (Wildman–Crippen MR) is 73.2 cm³/mol. The molecule has 2 aliphatic rings. The molecule has 18 heavy (non-hydrogen) atoms. The summed E-state index contributed by atoms with van der Waals surface area (Å²) in [5.41, 5.74) is 3.74. The summed E-state index contributed by atoms with van der Waals surface area (Å²) < 4.78 is 0. The molecule has 1 saturated heterocycles. The van der Waals surface area contributed by atoms with Gasteiger partial charge in [-0.1, -0.05) is 11.6 Å². The second-order valence-corrected chi connectivity index (χ2v) is 5.53. The van der Waals surface area contributed by atoms with Crippen molar-refractivity contribution in [1.82, 2.24) is 10.3 Å². The minimum absolute atomic E-state index is 0.0449. The predicted octanol–water partition coefficient (Wildman–Crippen LogP) is 1.36. The molecular formula is C11H11ClN4OS. The van der Waals surface area contributed by atoms with Crippen LogP contribution in [0.1, 0.15) is 10.4 Å². The number of rotatable bonds is 0. The Morgan fingerprint density at radius 3 is 3.17 bits per heavy atom. The van der Waals surface area contributed by atoms with Crippen LogP contribution in [0.2, 0.25) is 5.02 Å². The number of aliphatic imine (C=N–C) groups is 1. The summed E-state index contributed by atoms with van der Waals surface area (Å²) in [6, 6.07) is 5.03. The van der Waals surface area contributed by atoms with Gasteiger partial charge in [0.25, 0.3) is 5.91 Å². The molecular weight excluding hydrogens is 272 g/mol. The number of hydrazine groups is 1. The van der Waals surface area contributed by atoms with Gasteiger partial charge in [0.2, 0.25) is 0 Å². The van der Waals surface area contributed by atoms with E-state index >= 15 is 0 Å². The minimum atomic E-state index is -0.0846. The van der Waals surface area contributed by atoms with Gasteiger partial charge in [0.05, 0.1) is 17.1 Å². The molecule has 1 atom stereocenters. The van der Waals surface area contributed by atoms with E-state index in [0.29, 0.717) is 28.0 Å². The maximum Gasteiger partial charge on any atom is 0.257 e. The van der Waals surface area contributed by atoms with E-state index in [1.165, 1.54) is 0 Å². The Morgan fingerprint density at radius 2 is 2.39 bits per heavy atom. The Bertz CT molecular complexity index is 548. The van der Waals surface area contributed by atoms with Crippen LogP contribution in [0.5, 0.6) is 0 Å². The first-order chi connectivity index (χ1) is 8.70. The number of amides is 1. The molecule has 0 saturated carbocycles. The molecule has 0 spiro atoms. The molecule has 0 aromatic heterocycles. The Balaban J connectivity index is 2.16. The zero-order valence-corrected chi connectivity index (χ0v) is 11.0. The highest BCUT2D eigenvalue weighted by molar-refractivity contribution is 7.99. The molecule has 1 aromatic carbocycles. The molecule has 0 aliphatic carbocycles. The van der Waals surface area contributed by atoms with Gasteiger partial charge in [0.1, 0.15) is 11.9 Å². The van der Waals surface area contributed by atoms with E-state index in [1.807, 2.05) is 0 Å². The number of nitrogens with one attached hydrogen (secondary N) is 1. The highest BCUT2D eigenvalue weighted by Crippen LogP contribution is 2.32. The zero-order valence-electron chi connectivity index (χ0n) is 9.39. The molecule has 5 nitrogen and oxygen atoms in total. The molecule has 7 heteroatoms. The molecule has 3 N–H and O–H groups in total. The fourth-order valence-electron chi connectivity index (χ4n) is 2.13. The topological polar surface area (TPSA) is 70.7 Å². The van der Waals surface area contributed by atoms with Crippen molar-refractivity contribution in [3.63, 3.8) is 0 Å². The van der Waals surface area contributed by atoms with E-state index in [0.717, 1.165) is 5.75 Å². The summed E-state index contributed by atoms with van der Waals surface area (Å²) in [6.07, 6.45) is 0. The van der Waals surface area contributed by atoms with E-state index in [-0.39, 0.29) is 11.9 Å². The zero-order chi connectivity index (χ0) is 12.7. The first-order valence-corrected chi connectivity index (χ1v) is 6.97. The normalized spacial score (nSPS) is 22.1. The van der Waals surface area contributed by atoms with Crippen LogP contribution in [-0.2, 0) is 0 Å². The Labute approximate surface area is 113 Å². The van der Waals surface area contributed by atoms with E-state index in [2.05, 4.69) is 10.4 Å². The van der Waals surface area contributed by atoms with Gasteiger partial charge in [0.15, 0.2) is 0 Å². The Kier molecular flexibility index (Phi) is 2.93. The van der Waals surface area contributed by atoms with Gasteiger partial charge in [0, 0.05) is 10.8 Å². The number of thioether (sulfide) groups is 1. The van der Waals surface area contributed by atoms with Crippen molar-refractivity contribution in [3.05, 3.63) is 28.8 Å². The monoisotopic (exact) mass is 282 g/mol. The lowest BCUT2D eigenvalue weighted by atomic mass is 10.1. The molecule has 0 radical (unpaired) electrons. The number of hydrogen-bond donors (Lipinski definition) is 2. The molecule has 1 amide bonds. The van der Waals surface area contributed by atoms with Crippen molar-refractivity contribution < 1.29 is 4.79 Å².